The lowest BCUT2D eigenvalue weighted by atomic mass is 10.1. The zero-order chi connectivity index (χ0) is 26.9. The molecular formula is C26H36ClN3O5S. The van der Waals surface area contributed by atoms with Crippen LogP contribution in [0.15, 0.2) is 48.5 Å². The normalized spacial score (nSPS) is 12.9. The number of anilines is 1. The highest BCUT2D eigenvalue weighted by atomic mass is 35.5. The van der Waals surface area contributed by atoms with Crippen molar-refractivity contribution >= 4 is 39.1 Å². The van der Waals surface area contributed by atoms with E-state index in [4.69, 9.17) is 16.3 Å². The number of carbonyl (C=O) groups is 2. The number of benzene rings is 2. The Balaban J connectivity index is 2.18. The van der Waals surface area contributed by atoms with Crippen LogP contribution in [0.25, 0.3) is 0 Å². The minimum Gasteiger partial charge on any atom is -0.497 e. The maximum absolute atomic E-state index is 13.3. The fourth-order valence-electron chi connectivity index (χ4n) is 3.61. The predicted octanol–water partition coefficient (Wildman–Crippen LogP) is 4.23. The zero-order valence-corrected chi connectivity index (χ0v) is 23.1. The van der Waals surface area contributed by atoms with Gasteiger partial charge in [-0.25, -0.2) is 8.42 Å². The summed E-state index contributed by atoms with van der Waals surface area (Å²) in [5.41, 5.74) is 1.21. The highest BCUT2D eigenvalue weighted by molar-refractivity contribution is 7.92. The van der Waals surface area contributed by atoms with E-state index in [2.05, 4.69) is 5.32 Å². The van der Waals surface area contributed by atoms with Gasteiger partial charge in [-0.1, -0.05) is 36.7 Å². The van der Waals surface area contributed by atoms with Gasteiger partial charge in [0.05, 0.1) is 19.1 Å². The molecule has 8 nitrogen and oxygen atoms in total. The van der Waals surface area contributed by atoms with Crippen LogP contribution in [0, 0.1) is 0 Å². The summed E-state index contributed by atoms with van der Waals surface area (Å²) in [7, 11) is -2.03. The van der Waals surface area contributed by atoms with Gasteiger partial charge in [-0.15, -0.1) is 0 Å². The van der Waals surface area contributed by atoms with Crippen molar-refractivity contribution in [2.24, 2.45) is 0 Å². The molecule has 0 aliphatic carbocycles. The van der Waals surface area contributed by atoms with Crippen molar-refractivity contribution in [3.8, 4) is 5.75 Å². The summed E-state index contributed by atoms with van der Waals surface area (Å²) in [4.78, 5) is 27.7. The van der Waals surface area contributed by atoms with Crippen LogP contribution in [0.2, 0.25) is 5.02 Å². The molecule has 0 saturated heterocycles. The number of rotatable bonds is 13. The average molecular weight is 538 g/mol. The largest absolute Gasteiger partial charge is 0.497 e. The molecule has 2 rings (SSSR count). The van der Waals surface area contributed by atoms with Crippen LogP contribution in [0.4, 0.5) is 5.69 Å². The van der Waals surface area contributed by atoms with Gasteiger partial charge in [0.1, 0.15) is 11.8 Å². The maximum atomic E-state index is 13.3. The molecular weight excluding hydrogens is 502 g/mol. The van der Waals surface area contributed by atoms with E-state index in [0.29, 0.717) is 16.5 Å². The lowest BCUT2D eigenvalue weighted by Crippen LogP contribution is -2.49. The van der Waals surface area contributed by atoms with Crippen LogP contribution in [-0.4, -0.2) is 57.1 Å². The van der Waals surface area contributed by atoms with Crippen LogP contribution in [-0.2, 0) is 26.2 Å². The number of hydrogen-bond acceptors (Lipinski definition) is 5. The van der Waals surface area contributed by atoms with Crippen LogP contribution >= 0.6 is 11.6 Å². The molecule has 0 heterocycles. The van der Waals surface area contributed by atoms with Gasteiger partial charge in [0.15, 0.2) is 0 Å². The SMILES string of the molecule is CCC(C)NC(=O)C(C)N(Cc1ccccc1Cl)C(=O)CCCN(c1ccc(OC)cc1)S(C)(=O)=O. The second-order valence-electron chi connectivity index (χ2n) is 8.74. The van der Waals surface area contributed by atoms with Crippen molar-refractivity contribution in [2.75, 3.05) is 24.2 Å². The number of sulfonamides is 1. The lowest BCUT2D eigenvalue weighted by molar-refractivity contribution is -0.140. The molecule has 2 amide bonds. The third-order valence-corrected chi connectivity index (χ3v) is 7.54. The molecule has 2 aromatic carbocycles. The Morgan fingerprint density at radius 3 is 2.28 bits per heavy atom. The molecule has 0 saturated carbocycles. The molecule has 0 fully saturated rings. The predicted molar refractivity (Wildman–Crippen MR) is 144 cm³/mol. The Morgan fingerprint density at radius 2 is 1.72 bits per heavy atom. The summed E-state index contributed by atoms with van der Waals surface area (Å²) >= 11 is 6.33. The number of amides is 2. The number of carbonyl (C=O) groups excluding carboxylic acids is 2. The van der Waals surface area contributed by atoms with Crippen LogP contribution in [0.1, 0.15) is 45.6 Å². The van der Waals surface area contributed by atoms with Gasteiger partial charge in [-0.3, -0.25) is 13.9 Å². The van der Waals surface area contributed by atoms with Gasteiger partial charge in [0, 0.05) is 30.6 Å². The fourth-order valence-corrected chi connectivity index (χ4v) is 4.77. The number of nitrogens with zero attached hydrogens (tertiary/aromatic N) is 2. The number of methoxy groups -OCH3 is 1. The van der Waals surface area contributed by atoms with E-state index in [1.807, 2.05) is 26.0 Å². The maximum Gasteiger partial charge on any atom is 0.242 e. The first-order valence-electron chi connectivity index (χ1n) is 11.9. The Labute approximate surface area is 219 Å². The van der Waals surface area contributed by atoms with Gasteiger partial charge < -0.3 is 15.0 Å². The Kier molecular flexibility index (Phi) is 11.0. The number of nitrogens with one attached hydrogen (secondary N) is 1. The van der Waals surface area contributed by atoms with Gasteiger partial charge in [-0.2, -0.15) is 0 Å². The molecule has 0 bridgehead atoms. The first-order valence-corrected chi connectivity index (χ1v) is 14.2. The molecule has 0 aliphatic heterocycles. The number of hydrogen-bond donors (Lipinski definition) is 1. The average Bonchev–Trinajstić information content (AvgIpc) is 2.84. The molecule has 0 spiro atoms. The van der Waals surface area contributed by atoms with Crippen molar-refractivity contribution in [2.45, 2.75) is 58.7 Å². The van der Waals surface area contributed by atoms with E-state index in [-0.39, 0.29) is 43.8 Å². The van der Waals surface area contributed by atoms with Gasteiger partial charge in [0.2, 0.25) is 21.8 Å². The third kappa shape index (κ3) is 8.41. The van der Waals surface area contributed by atoms with E-state index in [1.54, 1.807) is 43.3 Å². The van der Waals surface area contributed by atoms with Crippen molar-refractivity contribution in [1.82, 2.24) is 10.2 Å². The molecule has 10 heteroatoms. The van der Waals surface area contributed by atoms with Crippen molar-refractivity contribution in [1.29, 1.82) is 0 Å². The van der Waals surface area contributed by atoms with Crippen LogP contribution in [0.3, 0.4) is 0 Å². The first-order chi connectivity index (χ1) is 17.0. The molecule has 0 radical (unpaired) electrons. The van der Waals surface area contributed by atoms with Crippen molar-refractivity contribution in [3.05, 3.63) is 59.1 Å². The van der Waals surface area contributed by atoms with Crippen LogP contribution < -0.4 is 14.4 Å². The number of ether oxygens (including phenoxy) is 1. The Hall–Kier alpha value is -2.78. The highest BCUT2D eigenvalue weighted by Gasteiger charge is 2.27. The topological polar surface area (TPSA) is 96.0 Å². The summed E-state index contributed by atoms with van der Waals surface area (Å²) in [6.07, 6.45) is 2.23. The second-order valence-corrected chi connectivity index (χ2v) is 11.1. The third-order valence-electron chi connectivity index (χ3n) is 5.98. The van der Waals surface area contributed by atoms with Gasteiger partial charge >= 0.3 is 0 Å². The molecule has 0 aromatic heterocycles. The highest BCUT2D eigenvalue weighted by Crippen LogP contribution is 2.23. The molecule has 2 atom stereocenters. The lowest BCUT2D eigenvalue weighted by Gasteiger charge is -2.30. The zero-order valence-electron chi connectivity index (χ0n) is 21.5. The summed E-state index contributed by atoms with van der Waals surface area (Å²) in [5.74, 6) is 0.105. The summed E-state index contributed by atoms with van der Waals surface area (Å²) in [6, 6.07) is 13.1. The quantitative estimate of drug-likeness (QED) is 0.412. The van der Waals surface area contributed by atoms with Crippen molar-refractivity contribution in [3.63, 3.8) is 0 Å². The van der Waals surface area contributed by atoms with E-state index < -0.39 is 16.1 Å². The Bertz CT molecular complexity index is 1120. The molecule has 2 unspecified atom stereocenters. The molecule has 1 N–H and O–H groups in total. The first kappa shape index (κ1) is 29.5. The van der Waals surface area contributed by atoms with Gasteiger partial charge in [0.25, 0.3) is 0 Å². The summed E-state index contributed by atoms with van der Waals surface area (Å²) < 4.78 is 31.3. The monoisotopic (exact) mass is 537 g/mol. The minimum atomic E-state index is -3.57. The van der Waals surface area contributed by atoms with E-state index in [0.717, 1.165) is 18.2 Å². The Morgan fingerprint density at radius 1 is 1.08 bits per heavy atom. The smallest absolute Gasteiger partial charge is 0.242 e. The molecule has 2 aromatic rings. The summed E-state index contributed by atoms with van der Waals surface area (Å²) in [6.45, 7) is 5.85. The molecule has 0 aliphatic rings. The fraction of sp³-hybridized carbons (Fsp3) is 0.462. The van der Waals surface area contributed by atoms with E-state index >= 15 is 0 Å². The van der Waals surface area contributed by atoms with Crippen LogP contribution in [0.5, 0.6) is 5.75 Å². The molecule has 198 valence electrons. The second kappa shape index (κ2) is 13.5. The minimum absolute atomic E-state index is 0.0231. The molecule has 36 heavy (non-hydrogen) atoms. The van der Waals surface area contributed by atoms with Crippen molar-refractivity contribution < 1.29 is 22.7 Å². The van der Waals surface area contributed by atoms with E-state index in [1.165, 1.54) is 16.3 Å². The van der Waals surface area contributed by atoms with Gasteiger partial charge in [-0.05, 0) is 62.6 Å². The summed E-state index contributed by atoms with van der Waals surface area (Å²) in [5, 5.41) is 3.43. The van der Waals surface area contributed by atoms with E-state index in [9.17, 15) is 18.0 Å². The standard InChI is InChI=1S/C26H36ClN3O5S/c1-6-19(2)28-26(32)20(3)29(18-21-10-7-8-11-24(21)27)25(31)12-9-17-30(36(5,33)34)22-13-15-23(35-4)16-14-22/h7-8,10-11,13-16,19-20H,6,9,12,17-18H2,1-5H3,(H,28,32). The number of halogens is 1.